The second-order valence-electron chi connectivity index (χ2n) is 8.13. The molecule has 1 N–H and O–H groups in total. The molecular weight excluding hydrogens is 501 g/mol. The molecule has 0 bridgehead atoms. The number of ether oxygens (including phenoxy) is 1. The molecule has 0 saturated heterocycles. The first kappa shape index (κ1) is 23.8. The number of anilines is 2. The van der Waals surface area contributed by atoms with Gasteiger partial charge in [-0.3, -0.25) is 9.56 Å². The number of fused-ring (bicyclic) bond motifs is 1. The van der Waals surface area contributed by atoms with Crippen LogP contribution in [-0.2, 0) is 19.6 Å². The van der Waals surface area contributed by atoms with E-state index < -0.39 is 11.4 Å². The molecule has 0 atom stereocenters. The fraction of sp³-hybridized carbons (Fsp3) is 0.154. The van der Waals surface area contributed by atoms with Crippen LogP contribution in [-0.4, -0.2) is 20.3 Å². The fourth-order valence-corrected chi connectivity index (χ4v) is 4.26. The maximum atomic E-state index is 13.1. The molecule has 0 unspecified atom stereocenters. The lowest BCUT2D eigenvalue weighted by molar-refractivity contribution is 0.482. The van der Waals surface area contributed by atoms with Crippen molar-refractivity contribution in [2.45, 2.75) is 26.6 Å². The summed E-state index contributed by atoms with van der Waals surface area (Å²) in [5, 5.41) is 4.00. The summed E-state index contributed by atoms with van der Waals surface area (Å²) in [7, 11) is 0. The van der Waals surface area contributed by atoms with Gasteiger partial charge in [0, 0.05) is 29.0 Å². The molecule has 1 aliphatic rings. The Morgan fingerprint density at radius 3 is 2.56 bits per heavy atom. The summed E-state index contributed by atoms with van der Waals surface area (Å²) < 4.78 is 8.53. The van der Waals surface area contributed by atoms with Crippen molar-refractivity contribution in [3.05, 3.63) is 108 Å². The first-order valence-electron chi connectivity index (χ1n) is 11.2. The third kappa shape index (κ3) is 4.78. The second kappa shape index (κ2) is 10.0. The maximum Gasteiger partial charge on any atom is 0.354 e. The Labute approximate surface area is 216 Å². The largest absolute Gasteiger partial charge is 0.455 e. The highest BCUT2D eigenvalue weighted by Crippen LogP contribution is 2.35. The van der Waals surface area contributed by atoms with Crippen molar-refractivity contribution in [3.8, 4) is 11.5 Å². The molecule has 0 fully saturated rings. The number of halogens is 2. The van der Waals surface area contributed by atoms with Gasteiger partial charge in [-0.2, -0.15) is 4.98 Å². The van der Waals surface area contributed by atoms with Crippen LogP contribution in [0.4, 0.5) is 11.6 Å². The van der Waals surface area contributed by atoms with E-state index in [4.69, 9.17) is 27.9 Å². The standard InChI is InChI=1S/C26H21Cl2N5O3/c1-2-32-25(34)31-24(33(26(32)35)15-16-6-8-18(27)9-7-16)30-19-10-11-23(21(28)12-19)36-22-5-3-4-17-13-29-14-20(17)22/h3-12,14H,2,13,15H2,1H3,(H,30,31,34). The van der Waals surface area contributed by atoms with Gasteiger partial charge in [0.1, 0.15) is 11.5 Å². The van der Waals surface area contributed by atoms with E-state index in [-0.39, 0.29) is 19.0 Å². The van der Waals surface area contributed by atoms with Crippen LogP contribution < -0.4 is 21.4 Å². The minimum Gasteiger partial charge on any atom is -0.455 e. The quantitative estimate of drug-likeness (QED) is 0.358. The fourth-order valence-electron chi connectivity index (χ4n) is 3.92. The van der Waals surface area contributed by atoms with Gasteiger partial charge in [-0.15, -0.1) is 0 Å². The minimum absolute atomic E-state index is 0.103. The average Bonchev–Trinajstić information content (AvgIpc) is 3.35. The van der Waals surface area contributed by atoms with Crippen molar-refractivity contribution in [1.29, 1.82) is 0 Å². The van der Waals surface area contributed by atoms with Crippen LogP contribution in [0, 0.1) is 0 Å². The summed E-state index contributed by atoms with van der Waals surface area (Å²) >= 11 is 12.5. The Bertz CT molecular complexity index is 1590. The van der Waals surface area contributed by atoms with Gasteiger partial charge in [-0.1, -0.05) is 47.5 Å². The topological polar surface area (TPSA) is 90.5 Å². The molecule has 5 rings (SSSR count). The highest BCUT2D eigenvalue weighted by molar-refractivity contribution is 6.32. The smallest absolute Gasteiger partial charge is 0.354 e. The molecule has 0 amide bonds. The molecule has 4 aromatic rings. The van der Waals surface area contributed by atoms with E-state index in [0.717, 1.165) is 21.3 Å². The third-order valence-electron chi connectivity index (χ3n) is 5.77. The van der Waals surface area contributed by atoms with E-state index in [2.05, 4.69) is 15.3 Å². The number of aromatic nitrogens is 3. The van der Waals surface area contributed by atoms with Gasteiger partial charge in [-0.05, 0) is 54.4 Å². The van der Waals surface area contributed by atoms with E-state index in [1.54, 1.807) is 43.5 Å². The van der Waals surface area contributed by atoms with Crippen molar-refractivity contribution in [2.75, 3.05) is 5.32 Å². The number of benzene rings is 3. The number of hydrogen-bond donors (Lipinski definition) is 1. The number of hydrogen-bond acceptors (Lipinski definition) is 6. The van der Waals surface area contributed by atoms with Crippen molar-refractivity contribution in [3.63, 3.8) is 0 Å². The average molecular weight is 522 g/mol. The van der Waals surface area contributed by atoms with E-state index in [9.17, 15) is 9.59 Å². The number of aliphatic imine (C=N–C) groups is 1. The zero-order chi connectivity index (χ0) is 25.2. The summed E-state index contributed by atoms with van der Waals surface area (Å²) in [5.74, 6) is 1.23. The van der Waals surface area contributed by atoms with Crippen LogP contribution in [0.15, 0.2) is 75.2 Å². The number of nitrogens with zero attached hydrogens (tertiary/aromatic N) is 4. The highest BCUT2D eigenvalue weighted by atomic mass is 35.5. The lowest BCUT2D eigenvalue weighted by Gasteiger charge is -2.16. The van der Waals surface area contributed by atoms with Crippen molar-refractivity contribution in [2.24, 2.45) is 4.99 Å². The van der Waals surface area contributed by atoms with Crippen LogP contribution >= 0.6 is 23.2 Å². The highest BCUT2D eigenvalue weighted by Gasteiger charge is 2.16. The minimum atomic E-state index is -0.636. The third-order valence-corrected chi connectivity index (χ3v) is 6.31. The predicted molar refractivity (Wildman–Crippen MR) is 142 cm³/mol. The molecule has 1 aromatic heterocycles. The molecule has 2 heterocycles. The van der Waals surface area contributed by atoms with E-state index >= 15 is 0 Å². The first-order chi connectivity index (χ1) is 17.4. The van der Waals surface area contributed by atoms with Crippen LogP contribution in [0.25, 0.3) is 0 Å². The Morgan fingerprint density at radius 2 is 1.81 bits per heavy atom. The lowest BCUT2D eigenvalue weighted by Crippen LogP contribution is -2.42. The predicted octanol–water partition coefficient (Wildman–Crippen LogP) is 5.25. The van der Waals surface area contributed by atoms with Gasteiger partial charge in [0.2, 0.25) is 5.95 Å². The summed E-state index contributed by atoms with van der Waals surface area (Å²) in [6, 6.07) is 18.0. The normalized spacial score (nSPS) is 12.0. The zero-order valence-electron chi connectivity index (χ0n) is 19.2. The SMILES string of the molecule is CCn1c(=O)nc(Nc2ccc(Oc3cccc4c3C=NC4)c(Cl)c2)n(Cc2ccc(Cl)cc2)c1=O. The molecule has 1 aliphatic heterocycles. The lowest BCUT2D eigenvalue weighted by atomic mass is 10.1. The molecule has 3 aromatic carbocycles. The van der Waals surface area contributed by atoms with Gasteiger partial charge >= 0.3 is 11.4 Å². The van der Waals surface area contributed by atoms with Crippen LogP contribution in [0.5, 0.6) is 11.5 Å². The van der Waals surface area contributed by atoms with Crippen molar-refractivity contribution in [1.82, 2.24) is 14.1 Å². The molecule has 0 saturated carbocycles. The summed E-state index contributed by atoms with van der Waals surface area (Å²) in [6.07, 6.45) is 1.79. The van der Waals surface area contributed by atoms with Gasteiger partial charge in [-0.25, -0.2) is 14.2 Å². The molecule has 182 valence electrons. The van der Waals surface area contributed by atoms with Crippen LogP contribution in [0.1, 0.15) is 23.6 Å². The van der Waals surface area contributed by atoms with Gasteiger partial charge in [0.15, 0.2) is 0 Å². The zero-order valence-corrected chi connectivity index (χ0v) is 20.8. The Balaban J connectivity index is 1.45. The molecular formula is C26H21Cl2N5O3. The first-order valence-corrected chi connectivity index (χ1v) is 12.0. The maximum absolute atomic E-state index is 13.1. The summed E-state index contributed by atoms with van der Waals surface area (Å²) in [6.45, 7) is 2.75. The number of nitrogens with one attached hydrogen (secondary N) is 1. The van der Waals surface area contributed by atoms with Crippen molar-refractivity contribution >= 4 is 41.1 Å². The second-order valence-corrected chi connectivity index (χ2v) is 8.97. The summed E-state index contributed by atoms with van der Waals surface area (Å²) in [4.78, 5) is 34.0. The Kier molecular flexibility index (Phi) is 6.63. The van der Waals surface area contributed by atoms with Gasteiger partial charge in [0.05, 0.1) is 18.1 Å². The molecule has 0 aliphatic carbocycles. The number of rotatable bonds is 7. The van der Waals surface area contributed by atoms with Gasteiger partial charge in [0.25, 0.3) is 0 Å². The molecule has 0 spiro atoms. The Hall–Kier alpha value is -3.88. The summed E-state index contributed by atoms with van der Waals surface area (Å²) in [5.41, 5.74) is 2.28. The van der Waals surface area contributed by atoms with Crippen molar-refractivity contribution < 1.29 is 4.74 Å². The molecule has 10 heteroatoms. The molecule has 0 radical (unpaired) electrons. The Morgan fingerprint density at radius 1 is 1.00 bits per heavy atom. The van der Waals surface area contributed by atoms with E-state index in [1.807, 2.05) is 30.3 Å². The molecule has 36 heavy (non-hydrogen) atoms. The van der Waals surface area contributed by atoms with E-state index in [1.165, 1.54) is 4.57 Å². The van der Waals surface area contributed by atoms with Crippen LogP contribution in [0.2, 0.25) is 10.0 Å². The monoisotopic (exact) mass is 521 g/mol. The van der Waals surface area contributed by atoms with Crippen LogP contribution in [0.3, 0.4) is 0 Å². The molecule has 8 nitrogen and oxygen atoms in total. The van der Waals surface area contributed by atoms with Gasteiger partial charge < -0.3 is 10.1 Å². The van der Waals surface area contributed by atoms with E-state index in [0.29, 0.717) is 33.8 Å².